The number of hydrogen-bond acceptors (Lipinski definition) is 5. The number of benzene rings is 1. The van der Waals surface area contributed by atoms with Gasteiger partial charge in [0, 0.05) is 18.6 Å². The van der Waals surface area contributed by atoms with Crippen LogP contribution >= 0.6 is 0 Å². The number of rotatable bonds is 5. The molecule has 0 aromatic heterocycles. The van der Waals surface area contributed by atoms with Crippen LogP contribution in [0.25, 0.3) is 0 Å². The minimum Gasteiger partial charge on any atom is -0.497 e. The zero-order valence-corrected chi connectivity index (χ0v) is 10.3. The molecule has 18 heavy (non-hydrogen) atoms. The van der Waals surface area contributed by atoms with Crippen LogP contribution in [0.4, 0.5) is 0 Å². The molecule has 0 bridgehead atoms. The van der Waals surface area contributed by atoms with Crippen LogP contribution in [0.3, 0.4) is 0 Å². The SMILES string of the molecule is COc1ccc(C(OC(C)=O)C(=O)O)c(OC)c1. The third-order valence-electron chi connectivity index (χ3n) is 2.23. The molecule has 6 heteroatoms. The van der Waals surface area contributed by atoms with E-state index in [-0.39, 0.29) is 11.3 Å². The summed E-state index contributed by atoms with van der Waals surface area (Å²) in [7, 11) is 2.88. The Hall–Kier alpha value is -2.24. The maximum Gasteiger partial charge on any atom is 0.349 e. The Morgan fingerprint density at radius 1 is 1.22 bits per heavy atom. The molecule has 1 rings (SSSR count). The first-order chi connectivity index (χ1) is 8.49. The molecule has 0 fully saturated rings. The van der Waals surface area contributed by atoms with Crippen molar-refractivity contribution in [2.45, 2.75) is 13.0 Å². The van der Waals surface area contributed by atoms with E-state index in [2.05, 4.69) is 0 Å². The van der Waals surface area contributed by atoms with Crippen molar-refractivity contribution in [3.8, 4) is 11.5 Å². The summed E-state index contributed by atoms with van der Waals surface area (Å²) in [5, 5.41) is 9.06. The summed E-state index contributed by atoms with van der Waals surface area (Å²) in [6.45, 7) is 1.14. The topological polar surface area (TPSA) is 82.1 Å². The summed E-state index contributed by atoms with van der Waals surface area (Å²) in [6.07, 6.45) is -1.40. The predicted molar refractivity (Wildman–Crippen MR) is 61.7 cm³/mol. The smallest absolute Gasteiger partial charge is 0.349 e. The van der Waals surface area contributed by atoms with Crippen LogP contribution in [0.5, 0.6) is 11.5 Å². The fraction of sp³-hybridized carbons (Fsp3) is 0.333. The summed E-state index contributed by atoms with van der Waals surface area (Å²) in [6, 6.07) is 4.57. The maximum atomic E-state index is 11.1. The summed E-state index contributed by atoms with van der Waals surface area (Å²) in [5.41, 5.74) is 0.251. The van der Waals surface area contributed by atoms with Gasteiger partial charge in [0.2, 0.25) is 6.10 Å². The van der Waals surface area contributed by atoms with E-state index in [4.69, 9.17) is 19.3 Å². The fourth-order valence-corrected chi connectivity index (χ4v) is 1.45. The van der Waals surface area contributed by atoms with E-state index in [1.807, 2.05) is 0 Å². The first-order valence-corrected chi connectivity index (χ1v) is 5.11. The predicted octanol–water partition coefficient (Wildman–Crippen LogP) is 1.39. The highest BCUT2D eigenvalue weighted by Gasteiger charge is 2.26. The fourth-order valence-electron chi connectivity index (χ4n) is 1.45. The molecule has 0 heterocycles. The van der Waals surface area contributed by atoms with Crippen LogP contribution in [-0.4, -0.2) is 31.3 Å². The monoisotopic (exact) mass is 254 g/mol. The van der Waals surface area contributed by atoms with Gasteiger partial charge in [0.1, 0.15) is 11.5 Å². The molecule has 0 saturated heterocycles. The van der Waals surface area contributed by atoms with E-state index in [1.165, 1.54) is 26.4 Å². The van der Waals surface area contributed by atoms with Crippen LogP contribution in [0, 0.1) is 0 Å². The number of aliphatic carboxylic acids is 1. The van der Waals surface area contributed by atoms with Gasteiger partial charge in [-0.1, -0.05) is 0 Å². The number of carbonyl (C=O) groups excluding carboxylic acids is 1. The van der Waals surface area contributed by atoms with Crippen LogP contribution in [0.2, 0.25) is 0 Å². The molecule has 0 aliphatic heterocycles. The summed E-state index contributed by atoms with van der Waals surface area (Å²) < 4.78 is 14.8. The van der Waals surface area contributed by atoms with Gasteiger partial charge in [-0.05, 0) is 12.1 Å². The van der Waals surface area contributed by atoms with E-state index in [9.17, 15) is 9.59 Å². The molecule has 1 unspecified atom stereocenters. The molecule has 0 amide bonds. The van der Waals surface area contributed by atoms with Crippen molar-refractivity contribution in [1.82, 2.24) is 0 Å². The lowest BCUT2D eigenvalue weighted by molar-refractivity contribution is -0.163. The first kappa shape index (κ1) is 13.8. The van der Waals surface area contributed by atoms with Crippen LogP contribution < -0.4 is 9.47 Å². The first-order valence-electron chi connectivity index (χ1n) is 5.11. The second-order valence-corrected chi connectivity index (χ2v) is 3.44. The Morgan fingerprint density at radius 3 is 2.33 bits per heavy atom. The zero-order chi connectivity index (χ0) is 13.7. The van der Waals surface area contributed by atoms with Gasteiger partial charge in [0.05, 0.1) is 14.2 Å². The standard InChI is InChI=1S/C12H14O6/c1-7(13)18-11(12(14)15)9-5-4-8(16-2)6-10(9)17-3/h4-6,11H,1-3H3,(H,14,15). The highest BCUT2D eigenvalue weighted by atomic mass is 16.6. The van der Waals surface area contributed by atoms with Crippen molar-refractivity contribution in [2.75, 3.05) is 14.2 Å². The lowest BCUT2D eigenvalue weighted by Gasteiger charge is -2.16. The minimum absolute atomic E-state index is 0.251. The Kier molecular flexibility index (Phi) is 4.53. The van der Waals surface area contributed by atoms with Gasteiger partial charge in [-0.25, -0.2) is 4.79 Å². The highest BCUT2D eigenvalue weighted by Crippen LogP contribution is 2.31. The third-order valence-corrected chi connectivity index (χ3v) is 2.23. The number of carboxylic acids is 1. The van der Waals surface area contributed by atoms with Gasteiger partial charge in [0.15, 0.2) is 0 Å². The normalized spacial score (nSPS) is 11.5. The third kappa shape index (κ3) is 3.13. The number of carboxylic acid groups (broad SMARTS) is 1. The van der Waals surface area contributed by atoms with Gasteiger partial charge >= 0.3 is 11.9 Å². The molecule has 98 valence electrons. The number of esters is 1. The van der Waals surface area contributed by atoms with Gasteiger partial charge < -0.3 is 19.3 Å². The molecule has 0 spiro atoms. The van der Waals surface area contributed by atoms with Gasteiger partial charge in [0.25, 0.3) is 0 Å². The average Bonchev–Trinajstić information content (AvgIpc) is 2.34. The Bertz CT molecular complexity index is 454. The zero-order valence-electron chi connectivity index (χ0n) is 10.3. The minimum atomic E-state index is -1.40. The van der Waals surface area contributed by atoms with Crippen molar-refractivity contribution in [3.63, 3.8) is 0 Å². The molecule has 1 aromatic carbocycles. The lowest BCUT2D eigenvalue weighted by atomic mass is 10.1. The van der Waals surface area contributed by atoms with Crippen LogP contribution in [0.15, 0.2) is 18.2 Å². The van der Waals surface area contributed by atoms with E-state index in [0.29, 0.717) is 5.75 Å². The van der Waals surface area contributed by atoms with E-state index in [1.54, 1.807) is 6.07 Å². The van der Waals surface area contributed by atoms with Gasteiger partial charge in [-0.2, -0.15) is 0 Å². The number of ether oxygens (including phenoxy) is 3. The molecule has 0 aliphatic carbocycles. The van der Waals surface area contributed by atoms with Gasteiger partial charge in [-0.15, -0.1) is 0 Å². The highest BCUT2D eigenvalue weighted by molar-refractivity contribution is 5.79. The van der Waals surface area contributed by atoms with Crippen molar-refractivity contribution in [3.05, 3.63) is 23.8 Å². The summed E-state index contributed by atoms with van der Waals surface area (Å²) in [4.78, 5) is 22.0. The largest absolute Gasteiger partial charge is 0.497 e. The Balaban J connectivity index is 3.18. The molecule has 0 saturated carbocycles. The number of hydrogen-bond donors (Lipinski definition) is 1. The number of carbonyl (C=O) groups is 2. The van der Waals surface area contributed by atoms with E-state index in [0.717, 1.165) is 6.92 Å². The second kappa shape index (κ2) is 5.90. The molecule has 0 radical (unpaired) electrons. The van der Waals surface area contributed by atoms with Crippen LogP contribution in [0.1, 0.15) is 18.6 Å². The molecule has 1 N–H and O–H groups in total. The van der Waals surface area contributed by atoms with Crippen molar-refractivity contribution < 1.29 is 28.9 Å². The number of methoxy groups -OCH3 is 2. The molecule has 1 atom stereocenters. The van der Waals surface area contributed by atoms with Crippen molar-refractivity contribution >= 4 is 11.9 Å². The lowest BCUT2D eigenvalue weighted by Crippen LogP contribution is -2.18. The Labute approximate surface area is 104 Å². The van der Waals surface area contributed by atoms with E-state index >= 15 is 0 Å². The maximum absolute atomic E-state index is 11.1. The van der Waals surface area contributed by atoms with Crippen molar-refractivity contribution in [2.24, 2.45) is 0 Å². The van der Waals surface area contributed by atoms with Gasteiger partial charge in [-0.3, -0.25) is 4.79 Å². The Morgan fingerprint density at radius 2 is 1.89 bits per heavy atom. The summed E-state index contributed by atoms with van der Waals surface area (Å²) in [5.74, 6) is -1.15. The van der Waals surface area contributed by atoms with Crippen LogP contribution in [-0.2, 0) is 14.3 Å². The quantitative estimate of drug-likeness (QED) is 0.799. The summed E-state index contributed by atoms with van der Waals surface area (Å²) >= 11 is 0. The molecular formula is C12H14O6. The second-order valence-electron chi connectivity index (χ2n) is 3.44. The van der Waals surface area contributed by atoms with Crippen molar-refractivity contribution in [1.29, 1.82) is 0 Å². The van der Waals surface area contributed by atoms with E-state index < -0.39 is 18.0 Å². The molecule has 0 aliphatic rings. The molecule has 6 nitrogen and oxygen atoms in total. The molecular weight excluding hydrogens is 240 g/mol. The molecule has 1 aromatic rings. The average molecular weight is 254 g/mol.